The van der Waals surface area contributed by atoms with E-state index in [4.69, 9.17) is 0 Å². The number of carbonyl (C=O) groups excluding carboxylic acids is 1. The molecule has 3 aromatic rings. The lowest BCUT2D eigenvalue weighted by Crippen LogP contribution is -2.38. The summed E-state index contributed by atoms with van der Waals surface area (Å²) in [5.41, 5.74) is 1.10. The summed E-state index contributed by atoms with van der Waals surface area (Å²) in [6, 6.07) is 13.2. The molecule has 2 N–H and O–H groups in total. The minimum Gasteiger partial charge on any atom is -0.508 e. The fraction of sp³-hybridized carbons (Fsp3) is 0.167. The minimum absolute atomic E-state index is 0.0493. The molecule has 9 nitrogen and oxygen atoms in total. The van der Waals surface area contributed by atoms with Crippen molar-refractivity contribution in [3.05, 3.63) is 90.0 Å². The van der Waals surface area contributed by atoms with E-state index in [2.05, 4.69) is 15.1 Å². The summed E-state index contributed by atoms with van der Waals surface area (Å²) < 4.78 is 25.2. The molecular formula is C24H22N4O5S. The van der Waals surface area contributed by atoms with E-state index in [-0.39, 0.29) is 40.7 Å². The first-order valence-corrected chi connectivity index (χ1v) is 12.1. The van der Waals surface area contributed by atoms with Crippen molar-refractivity contribution in [2.24, 2.45) is 11.0 Å². The molecule has 0 radical (unpaired) electrons. The number of benzene rings is 2. The van der Waals surface area contributed by atoms with Crippen molar-refractivity contribution in [2.75, 3.05) is 6.61 Å². The van der Waals surface area contributed by atoms with Crippen molar-refractivity contribution in [2.45, 2.75) is 16.7 Å². The number of carbonyl (C=O) groups is 1. The highest BCUT2D eigenvalue weighted by Crippen LogP contribution is 2.23. The first-order valence-electron chi connectivity index (χ1n) is 10.4. The highest BCUT2D eigenvalue weighted by molar-refractivity contribution is 7.90. The van der Waals surface area contributed by atoms with Crippen LogP contribution in [-0.2, 0) is 15.6 Å². The first-order chi connectivity index (χ1) is 16.4. The Kier molecular flexibility index (Phi) is 6.80. The van der Waals surface area contributed by atoms with Crippen LogP contribution in [0.3, 0.4) is 0 Å². The highest BCUT2D eigenvalue weighted by Gasteiger charge is 2.33. The number of hydrazone groups is 1. The molecule has 0 bridgehead atoms. The van der Waals surface area contributed by atoms with Crippen LogP contribution in [0, 0.1) is 5.92 Å². The molecule has 34 heavy (non-hydrogen) atoms. The summed E-state index contributed by atoms with van der Waals surface area (Å²) in [5, 5.41) is 24.7. The predicted octanol–water partition coefficient (Wildman–Crippen LogP) is 2.29. The number of phenols is 1. The molecule has 2 aromatic carbocycles. The van der Waals surface area contributed by atoms with Gasteiger partial charge in [0.1, 0.15) is 17.3 Å². The number of rotatable bonds is 7. The minimum atomic E-state index is -3.58. The van der Waals surface area contributed by atoms with Crippen LogP contribution in [0.4, 0.5) is 0 Å². The summed E-state index contributed by atoms with van der Waals surface area (Å²) in [6.45, 7) is -0.294. The van der Waals surface area contributed by atoms with Gasteiger partial charge in [0.15, 0.2) is 9.84 Å². The summed E-state index contributed by atoms with van der Waals surface area (Å²) >= 11 is 0. The Labute approximate surface area is 196 Å². The van der Waals surface area contributed by atoms with Gasteiger partial charge >= 0.3 is 0 Å². The van der Waals surface area contributed by atoms with Crippen molar-refractivity contribution >= 4 is 28.0 Å². The van der Waals surface area contributed by atoms with Gasteiger partial charge in [0.05, 0.1) is 17.5 Å². The van der Waals surface area contributed by atoms with Crippen molar-refractivity contribution in [1.29, 1.82) is 0 Å². The third kappa shape index (κ3) is 5.19. The second-order valence-corrected chi connectivity index (χ2v) is 9.63. The fourth-order valence-corrected chi connectivity index (χ4v) is 4.69. The monoisotopic (exact) mass is 478 g/mol. The van der Waals surface area contributed by atoms with E-state index < -0.39 is 15.9 Å². The zero-order valence-corrected chi connectivity index (χ0v) is 18.8. The van der Waals surface area contributed by atoms with E-state index in [0.717, 1.165) is 5.56 Å². The van der Waals surface area contributed by atoms with Crippen LogP contribution in [0.1, 0.15) is 21.7 Å². The second-order valence-electron chi connectivity index (χ2n) is 7.64. The smallest absolute Gasteiger partial charge is 0.274 e. The zero-order chi connectivity index (χ0) is 24.1. The van der Waals surface area contributed by atoms with E-state index >= 15 is 0 Å². The first kappa shape index (κ1) is 23.3. The van der Waals surface area contributed by atoms with Crippen molar-refractivity contribution in [3.63, 3.8) is 0 Å². The maximum Gasteiger partial charge on any atom is 0.274 e. The van der Waals surface area contributed by atoms with Crippen LogP contribution < -0.4 is 0 Å². The van der Waals surface area contributed by atoms with Gasteiger partial charge in [-0.05, 0) is 48.0 Å². The number of aliphatic hydroxyl groups excluding tert-OH is 1. The number of aromatic nitrogens is 2. The molecule has 2 unspecified atom stereocenters. The van der Waals surface area contributed by atoms with Crippen LogP contribution in [0.15, 0.2) is 83.1 Å². The number of sulfone groups is 1. The number of amides is 1. The lowest BCUT2D eigenvalue weighted by atomic mass is 10.0. The highest BCUT2D eigenvalue weighted by atomic mass is 32.2. The van der Waals surface area contributed by atoms with Crippen LogP contribution in [-0.4, -0.2) is 58.4 Å². The van der Waals surface area contributed by atoms with Crippen molar-refractivity contribution in [1.82, 2.24) is 15.0 Å². The zero-order valence-electron chi connectivity index (χ0n) is 18.0. The van der Waals surface area contributed by atoms with Gasteiger partial charge in [-0.25, -0.2) is 23.4 Å². The number of hydrogen-bond donors (Lipinski definition) is 2. The maximum absolute atomic E-state index is 12.7. The lowest BCUT2D eigenvalue weighted by Gasteiger charge is -2.23. The largest absolute Gasteiger partial charge is 0.508 e. The Balaban J connectivity index is 1.43. The third-order valence-corrected chi connectivity index (χ3v) is 6.95. The normalized spacial score (nSPS) is 18.0. The van der Waals surface area contributed by atoms with Gasteiger partial charge in [-0.3, -0.25) is 4.79 Å². The number of aliphatic hydroxyl groups is 1. The third-order valence-electron chi connectivity index (χ3n) is 5.32. The van der Waals surface area contributed by atoms with Gasteiger partial charge in [-0.2, -0.15) is 5.10 Å². The molecule has 4 rings (SSSR count). The van der Waals surface area contributed by atoms with E-state index in [1.807, 2.05) is 0 Å². The summed E-state index contributed by atoms with van der Waals surface area (Å²) in [7, 11) is -3.58. The fourth-order valence-electron chi connectivity index (χ4n) is 3.48. The van der Waals surface area contributed by atoms with Gasteiger partial charge in [0.25, 0.3) is 5.91 Å². The molecular weight excluding hydrogens is 456 g/mol. The maximum atomic E-state index is 12.7. The Bertz CT molecular complexity index is 1310. The predicted molar refractivity (Wildman–Crippen MR) is 126 cm³/mol. The molecule has 0 saturated heterocycles. The van der Waals surface area contributed by atoms with Gasteiger partial charge in [0, 0.05) is 30.1 Å². The Hall–Kier alpha value is -3.89. The Morgan fingerprint density at radius 3 is 2.35 bits per heavy atom. The van der Waals surface area contributed by atoms with Crippen LogP contribution in [0.25, 0.3) is 6.08 Å². The van der Waals surface area contributed by atoms with E-state index in [0.29, 0.717) is 5.56 Å². The molecule has 1 aromatic heterocycles. The average Bonchev–Trinajstić information content (AvgIpc) is 3.26. The molecule has 0 spiro atoms. The van der Waals surface area contributed by atoms with E-state index in [1.54, 1.807) is 36.6 Å². The van der Waals surface area contributed by atoms with Crippen molar-refractivity contribution in [3.8, 4) is 5.75 Å². The van der Waals surface area contributed by atoms with Gasteiger partial charge < -0.3 is 10.2 Å². The second kappa shape index (κ2) is 9.94. The number of aromatic hydroxyl groups is 1. The molecule has 10 heteroatoms. The summed E-state index contributed by atoms with van der Waals surface area (Å²) in [5.74, 6) is -0.723. The number of nitrogens with zero attached hydrogens (tertiary/aromatic N) is 4. The number of hydrogen-bond acceptors (Lipinski definition) is 8. The standard InChI is InChI=1S/C24H22N4O5S/c29-15-22-19(14-27-28(22)24(31)18-6-8-20(30)9-7-18)5-2-17-3-10-21(11-4-17)34(32,33)16-23-25-12-1-13-26-23/h1-14,19,22,29-30H,15-16H2/b5-2+. The molecule has 1 aliphatic rings. The molecule has 2 heterocycles. The summed E-state index contributed by atoms with van der Waals surface area (Å²) in [4.78, 5) is 20.8. The lowest BCUT2D eigenvalue weighted by molar-refractivity contribution is 0.0617. The van der Waals surface area contributed by atoms with Gasteiger partial charge in [0.2, 0.25) is 0 Å². The number of phenolic OH excluding ortho intramolecular Hbond substituents is 1. The Morgan fingerprint density at radius 2 is 1.71 bits per heavy atom. The quantitative estimate of drug-likeness (QED) is 0.532. The molecule has 174 valence electrons. The van der Waals surface area contributed by atoms with Crippen LogP contribution in [0.2, 0.25) is 0 Å². The Morgan fingerprint density at radius 1 is 1.03 bits per heavy atom. The molecule has 0 aliphatic carbocycles. The molecule has 0 fully saturated rings. The van der Waals surface area contributed by atoms with Crippen LogP contribution >= 0.6 is 0 Å². The van der Waals surface area contributed by atoms with E-state index in [9.17, 15) is 23.4 Å². The van der Waals surface area contributed by atoms with Crippen molar-refractivity contribution < 1.29 is 23.4 Å². The van der Waals surface area contributed by atoms with Crippen LogP contribution in [0.5, 0.6) is 5.75 Å². The van der Waals surface area contributed by atoms with Gasteiger partial charge in [-0.1, -0.05) is 24.3 Å². The topological polar surface area (TPSA) is 133 Å². The SMILES string of the molecule is O=C(c1ccc(O)cc1)N1N=CC(/C=C/c2ccc(S(=O)(=O)Cc3ncccn3)cc2)C1CO. The molecule has 1 amide bonds. The average molecular weight is 479 g/mol. The molecule has 2 atom stereocenters. The molecule has 1 aliphatic heterocycles. The van der Waals surface area contributed by atoms with Gasteiger partial charge in [-0.15, -0.1) is 0 Å². The van der Waals surface area contributed by atoms with E-state index in [1.165, 1.54) is 53.8 Å². The molecule has 0 saturated carbocycles. The summed E-state index contributed by atoms with van der Waals surface area (Å²) in [6.07, 6.45) is 8.16.